The SMILES string of the molecule is CCNc1nc(C)cc(Nc2ccc(NS(=O)(=O)c3ccc(-c4coc(C)n4)cc3)cc2)n1. The summed E-state index contributed by atoms with van der Waals surface area (Å²) in [4.78, 5) is 13.1. The number of oxazole rings is 1. The van der Waals surface area contributed by atoms with Crippen molar-refractivity contribution < 1.29 is 12.8 Å². The minimum atomic E-state index is -3.74. The molecule has 0 unspecified atom stereocenters. The molecule has 0 spiro atoms. The summed E-state index contributed by atoms with van der Waals surface area (Å²) < 4.78 is 33.4. The molecule has 0 saturated heterocycles. The molecular formula is C23H24N6O3S. The fraction of sp³-hybridized carbons (Fsp3) is 0.174. The lowest BCUT2D eigenvalue weighted by molar-refractivity contribution is 0.521. The molecule has 0 aliphatic heterocycles. The third-order valence-corrected chi connectivity index (χ3v) is 6.08. The van der Waals surface area contributed by atoms with Crippen LogP contribution >= 0.6 is 0 Å². The second kappa shape index (κ2) is 9.29. The van der Waals surface area contributed by atoms with Crippen LogP contribution in [0.15, 0.2) is 70.2 Å². The first-order valence-electron chi connectivity index (χ1n) is 10.3. The van der Waals surface area contributed by atoms with Gasteiger partial charge in [-0.1, -0.05) is 12.1 Å². The molecular weight excluding hydrogens is 440 g/mol. The molecule has 2 heterocycles. The molecule has 0 aliphatic carbocycles. The van der Waals surface area contributed by atoms with E-state index in [9.17, 15) is 8.42 Å². The highest BCUT2D eigenvalue weighted by molar-refractivity contribution is 7.92. The van der Waals surface area contributed by atoms with Gasteiger partial charge in [0.2, 0.25) is 5.95 Å². The van der Waals surface area contributed by atoms with E-state index in [1.54, 1.807) is 43.3 Å². The van der Waals surface area contributed by atoms with Gasteiger partial charge in [-0.15, -0.1) is 0 Å². The zero-order valence-electron chi connectivity index (χ0n) is 18.5. The van der Waals surface area contributed by atoms with Crippen LogP contribution in [0.2, 0.25) is 0 Å². The summed E-state index contributed by atoms with van der Waals surface area (Å²) in [5.74, 6) is 1.75. The highest BCUT2D eigenvalue weighted by atomic mass is 32.2. The lowest BCUT2D eigenvalue weighted by Gasteiger charge is -2.11. The van der Waals surface area contributed by atoms with Gasteiger partial charge < -0.3 is 15.1 Å². The second-order valence-corrected chi connectivity index (χ2v) is 9.01. The Balaban J connectivity index is 1.45. The van der Waals surface area contributed by atoms with E-state index >= 15 is 0 Å². The number of aryl methyl sites for hydroxylation is 2. The Labute approximate surface area is 192 Å². The summed E-state index contributed by atoms with van der Waals surface area (Å²) in [5, 5.41) is 6.30. The van der Waals surface area contributed by atoms with Gasteiger partial charge in [-0.25, -0.2) is 18.4 Å². The Kier molecular flexibility index (Phi) is 6.27. The number of rotatable bonds is 8. The first-order valence-corrected chi connectivity index (χ1v) is 11.8. The molecule has 10 heteroatoms. The minimum Gasteiger partial charge on any atom is -0.449 e. The maximum Gasteiger partial charge on any atom is 0.261 e. The van der Waals surface area contributed by atoms with E-state index < -0.39 is 10.0 Å². The standard InChI is InChI=1S/C23H24N6O3S/c1-4-24-23-25-15(2)13-22(28-23)27-18-7-9-19(10-8-18)29-33(30,31)20-11-5-17(6-12-20)21-14-32-16(3)26-21/h5-14,29H,4H2,1-3H3,(H2,24,25,27,28). The lowest BCUT2D eigenvalue weighted by Crippen LogP contribution is -2.12. The second-order valence-electron chi connectivity index (χ2n) is 7.33. The van der Waals surface area contributed by atoms with Crippen LogP contribution in [0.5, 0.6) is 0 Å². The third kappa shape index (κ3) is 5.47. The van der Waals surface area contributed by atoms with Crippen molar-refractivity contribution in [2.45, 2.75) is 25.7 Å². The highest BCUT2D eigenvalue weighted by Gasteiger charge is 2.15. The Bertz CT molecular complexity index is 1350. The van der Waals surface area contributed by atoms with Gasteiger partial charge in [-0.3, -0.25) is 4.72 Å². The van der Waals surface area contributed by atoms with E-state index in [4.69, 9.17) is 4.42 Å². The van der Waals surface area contributed by atoms with Crippen LogP contribution < -0.4 is 15.4 Å². The Morgan fingerprint density at radius 1 is 0.909 bits per heavy atom. The molecule has 4 rings (SSSR count). The van der Waals surface area contributed by atoms with Crippen molar-refractivity contribution in [1.82, 2.24) is 15.0 Å². The van der Waals surface area contributed by atoms with E-state index in [0.29, 0.717) is 29.0 Å². The quantitative estimate of drug-likeness (QED) is 0.342. The van der Waals surface area contributed by atoms with E-state index in [-0.39, 0.29) is 4.90 Å². The normalized spacial score (nSPS) is 11.2. The van der Waals surface area contributed by atoms with Crippen LogP contribution in [-0.2, 0) is 10.0 Å². The molecule has 2 aromatic carbocycles. The first-order chi connectivity index (χ1) is 15.8. The van der Waals surface area contributed by atoms with Crippen molar-refractivity contribution >= 4 is 33.2 Å². The molecule has 33 heavy (non-hydrogen) atoms. The molecule has 0 amide bonds. The van der Waals surface area contributed by atoms with Crippen LogP contribution in [-0.4, -0.2) is 29.9 Å². The topological polar surface area (TPSA) is 122 Å². The van der Waals surface area contributed by atoms with E-state index in [2.05, 4.69) is 30.3 Å². The molecule has 2 aromatic heterocycles. The Morgan fingerprint density at radius 3 is 2.24 bits per heavy atom. The number of aromatic nitrogens is 3. The summed E-state index contributed by atoms with van der Waals surface area (Å²) >= 11 is 0. The largest absolute Gasteiger partial charge is 0.449 e. The molecule has 170 valence electrons. The maximum absolute atomic E-state index is 12.8. The number of sulfonamides is 1. The summed E-state index contributed by atoms with van der Waals surface area (Å²) in [6, 6.07) is 15.2. The average molecular weight is 465 g/mol. The zero-order chi connectivity index (χ0) is 23.4. The lowest BCUT2D eigenvalue weighted by atomic mass is 10.2. The van der Waals surface area contributed by atoms with Crippen LogP contribution in [0.3, 0.4) is 0 Å². The monoisotopic (exact) mass is 464 g/mol. The Morgan fingerprint density at radius 2 is 1.61 bits per heavy atom. The third-order valence-electron chi connectivity index (χ3n) is 4.68. The van der Waals surface area contributed by atoms with Gasteiger partial charge in [0.1, 0.15) is 17.8 Å². The molecule has 0 saturated carbocycles. The Hall–Kier alpha value is -3.92. The molecule has 0 aliphatic rings. The zero-order valence-corrected chi connectivity index (χ0v) is 19.3. The van der Waals surface area contributed by atoms with Gasteiger partial charge in [0.05, 0.1) is 4.90 Å². The van der Waals surface area contributed by atoms with Crippen LogP contribution in [0.1, 0.15) is 18.5 Å². The van der Waals surface area contributed by atoms with Gasteiger partial charge in [0.25, 0.3) is 10.0 Å². The van der Waals surface area contributed by atoms with E-state index in [1.165, 1.54) is 18.4 Å². The number of benzene rings is 2. The molecule has 0 atom stereocenters. The maximum atomic E-state index is 12.8. The molecule has 9 nitrogen and oxygen atoms in total. The van der Waals surface area contributed by atoms with Crippen molar-refractivity contribution in [3.05, 3.63) is 72.4 Å². The van der Waals surface area contributed by atoms with Crippen molar-refractivity contribution in [3.8, 4) is 11.3 Å². The first kappa shape index (κ1) is 22.3. The van der Waals surface area contributed by atoms with Crippen molar-refractivity contribution in [1.29, 1.82) is 0 Å². The highest BCUT2D eigenvalue weighted by Crippen LogP contribution is 2.24. The minimum absolute atomic E-state index is 0.154. The van der Waals surface area contributed by atoms with Crippen molar-refractivity contribution in [2.24, 2.45) is 0 Å². The molecule has 0 bridgehead atoms. The van der Waals surface area contributed by atoms with Crippen LogP contribution in [0.25, 0.3) is 11.3 Å². The predicted octanol–water partition coefficient (Wildman–Crippen LogP) is 4.72. The number of hydrogen-bond donors (Lipinski definition) is 3. The fourth-order valence-electron chi connectivity index (χ4n) is 3.15. The summed E-state index contributed by atoms with van der Waals surface area (Å²) in [6.07, 6.45) is 1.54. The molecule has 0 fully saturated rings. The van der Waals surface area contributed by atoms with Crippen molar-refractivity contribution in [3.63, 3.8) is 0 Å². The number of anilines is 4. The van der Waals surface area contributed by atoms with Crippen molar-refractivity contribution in [2.75, 3.05) is 21.9 Å². The fourth-order valence-corrected chi connectivity index (χ4v) is 4.21. The van der Waals surface area contributed by atoms with E-state index in [0.717, 1.165) is 23.5 Å². The number of nitrogens with zero attached hydrogens (tertiary/aromatic N) is 3. The van der Waals surface area contributed by atoms with Gasteiger partial charge in [-0.05, 0) is 50.2 Å². The van der Waals surface area contributed by atoms with E-state index in [1.807, 2.05) is 19.9 Å². The summed E-state index contributed by atoms with van der Waals surface area (Å²) in [5.41, 5.74) is 3.48. The molecule has 0 radical (unpaired) electrons. The summed E-state index contributed by atoms with van der Waals surface area (Å²) in [6.45, 7) is 6.35. The number of nitrogens with one attached hydrogen (secondary N) is 3. The predicted molar refractivity (Wildman–Crippen MR) is 128 cm³/mol. The van der Waals surface area contributed by atoms with Gasteiger partial charge in [-0.2, -0.15) is 4.98 Å². The van der Waals surface area contributed by atoms with Crippen LogP contribution in [0.4, 0.5) is 23.1 Å². The van der Waals surface area contributed by atoms with Gasteiger partial charge in [0.15, 0.2) is 5.89 Å². The molecule has 4 aromatic rings. The van der Waals surface area contributed by atoms with Gasteiger partial charge in [0, 0.05) is 42.2 Å². The van der Waals surface area contributed by atoms with Gasteiger partial charge >= 0.3 is 0 Å². The average Bonchev–Trinajstić information content (AvgIpc) is 3.21. The smallest absolute Gasteiger partial charge is 0.261 e. The summed E-state index contributed by atoms with van der Waals surface area (Å²) in [7, 11) is -3.74. The van der Waals surface area contributed by atoms with Crippen LogP contribution in [0, 0.1) is 13.8 Å². The number of hydrogen-bond acceptors (Lipinski definition) is 8. The molecule has 3 N–H and O–H groups in total.